The standard InChI is InChI=1S/C16H9N5S/c17-10-13-14(11-4-2-1-3-5-11)19-16-21(13)20-15(22-16)12-6-8-18-9-7-12/h1-9H. The lowest BCUT2D eigenvalue weighted by Gasteiger charge is -1.96. The van der Waals surface area contributed by atoms with E-state index >= 15 is 0 Å². The van der Waals surface area contributed by atoms with Crippen LogP contribution in [0.5, 0.6) is 0 Å². The molecule has 4 aromatic rings. The molecule has 3 aromatic heterocycles. The van der Waals surface area contributed by atoms with E-state index in [9.17, 15) is 5.26 Å². The third-order valence-corrected chi connectivity index (χ3v) is 4.24. The monoisotopic (exact) mass is 303 g/mol. The van der Waals surface area contributed by atoms with Crippen molar-refractivity contribution in [3.63, 3.8) is 0 Å². The zero-order valence-electron chi connectivity index (χ0n) is 11.3. The third kappa shape index (κ3) is 1.96. The van der Waals surface area contributed by atoms with Gasteiger partial charge in [-0.2, -0.15) is 14.9 Å². The summed E-state index contributed by atoms with van der Waals surface area (Å²) in [6, 6.07) is 15.7. The molecule has 22 heavy (non-hydrogen) atoms. The lowest BCUT2D eigenvalue weighted by Crippen LogP contribution is -1.91. The molecule has 0 saturated heterocycles. The highest BCUT2D eigenvalue weighted by atomic mass is 32.1. The van der Waals surface area contributed by atoms with Crippen molar-refractivity contribution in [3.05, 3.63) is 60.6 Å². The number of aromatic nitrogens is 4. The molecule has 0 saturated carbocycles. The zero-order chi connectivity index (χ0) is 14.9. The minimum atomic E-state index is 0.456. The van der Waals surface area contributed by atoms with Gasteiger partial charge in [-0.1, -0.05) is 41.7 Å². The summed E-state index contributed by atoms with van der Waals surface area (Å²) in [5.74, 6) is 0. The second-order valence-electron chi connectivity index (χ2n) is 4.62. The van der Waals surface area contributed by atoms with E-state index in [-0.39, 0.29) is 0 Å². The largest absolute Gasteiger partial charge is 0.265 e. The Morgan fingerprint density at radius 3 is 2.50 bits per heavy atom. The summed E-state index contributed by atoms with van der Waals surface area (Å²) in [6.45, 7) is 0. The first-order valence-corrected chi connectivity index (χ1v) is 7.44. The molecule has 0 aliphatic carbocycles. The van der Waals surface area contributed by atoms with E-state index in [1.54, 1.807) is 16.9 Å². The van der Waals surface area contributed by atoms with E-state index in [4.69, 9.17) is 0 Å². The van der Waals surface area contributed by atoms with Gasteiger partial charge in [-0.05, 0) is 12.1 Å². The van der Waals surface area contributed by atoms with Gasteiger partial charge in [-0.25, -0.2) is 4.98 Å². The topological polar surface area (TPSA) is 66.9 Å². The number of hydrogen-bond acceptors (Lipinski definition) is 5. The van der Waals surface area contributed by atoms with Gasteiger partial charge in [-0.3, -0.25) is 4.98 Å². The average molecular weight is 303 g/mol. The lowest BCUT2D eigenvalue weighted by molar-refractivity contribution is 0.960. The Morgan fingerprint density at radius 1 is 1.00 bits per heavy atom. The maximum Gasteiger partial charge on any atom is 0.214 e. The van der Waals surface area contributed by atoms with E-state index in [0.29, 0.717) is 16.3 Å². The molecular formula is C16H9N5S. The van der Waals surface area contributed by atoms with Gasteiger partial charge in [0.15, 0.2) is 5.69 Å². The first-order chi connectivity index (χ1) is 10.9. The number of pyridine rings is 1. The van der Waals surface area contributed by atoms with Crippen LogP contribution in [0.2, 0.25) is 0 Å². The summed E-state index contributed by atoms with van der Waals surface area (Å²) in [6.07, 6.45) is 3.44. The predicted octanol–water partition coefficient (Wildman–Crippen LogP) is 3.39. The van der Waals surface area contributed by atoms with Crippen molar-refractivity contribution in [2.45, 2.75) is 0 Å². The van der Waals surface area contributed by atoms with Gasteiger partial charge in [-0.15, -0.1) is 0 Å². The van der Waals surface area contributed by atoms with Crippen LogP contribution in [0.1, 0.15) is 5.69 Å². The number of nitrogens with zero attached hydrogens (tertiary/aromatic N) is 5. The maximum absolute atomic E-state index is 9.49. The van der Waals surface area contributed by atoms with Crippen molar-refractivity contribution in [2.24, 2.45) is 0 Å². The minimum absolute atomic E-state index is 0.456. The number of imidazole rings is 1. The molecule has 0 fully saturated rings. The molecule has 3 heterocycles. The molecule has 5 nitrogen and oxygen atoms in total. The number of rotatable bonds is 2. The summed E-state index contributed by atoms with van der Waals surface area (Å²) >= 11 is 1.46. The van der Waals surface area contributed by atoms with Crippen LogP contribution >= 0.6 is 11.3 Å². The van der Waals surface area contributed by atoms with Crippen LogP contribution in [0.25, 0.3) is 26.8 Å². The average Bonchev–Trinajstić information content (AvgIpc) is 3.14. The molecule has 0 unspecified atom stereocenters. The molecule has 4 rings (SSSR count). The minimum Gasteiger partial charge on any atom is -0.265 e. The van der Waals surface area contributed by atoms with Crippen molar-refractivity contribution in [1.82, 2.24) is 19.6 Å². The quantitative estimate of drug-likeness (QED) is 0.569. The fourth-order valence-electron chi connectivity index (χ4n) is 2.26. The van der Waals surface area contributed by atoms with Crippen molar-refractivity contribution in [2.75, 3.05) is 0 Å². The Bertz CT molecular complexity index is 980. The lowest BCUT2D eigenvalue weighted by atomic mass is 10.1. The van der Waals surface area contributed by atoms with Crippen LogP contribution in [-0.4, -0.2) is 19.6 Å². The smallest absolute Gasteiger partial charge is 0.214 e. The number of nitriles is 1. The third-order valence-electron chi connectivity index (χ3n) is 3.28. The van der Waals surface area contributed by atoms with Gasteiger partial charge in [0.1, 0.15) is 16.8 Å². The van der Waals surface area contributed by atoms with Crippen LogP contribution in [0, 0.1) is 11.3 Å². The molecule has 0 bridgehead atoms. The molecule has 0 radical (unpaired) electrons. The highest BCUT2D eigenvalue weighted by Gasteiger charge is 2.18. The predicted molar refractivity (Wildman–Crippen MR) is 84.2 cm³/mol. The van der Waals surface area contributed by atoms with Crippen LogP contribution in [0.4, 0.5) is 0 Å². The van der Waals surface area contributed by atoms with Gasteiger partial charge in [0.25, 0.3) is 0 Å². The van der Waals surface area contributed by atoms with Gasteiger partial charge in [0.2, 0.25) is 4.96 Å². The Balaban J connectivity index is 1.90. The van der Waals surface area contributed by atoms with Crippen molar-refractivity contribution >= 4 is 16.3 Å². The van der Waals surface area contributed by atoms with Crippen LogP contribution in [0.3, 0.4) is 0 Å². The first-order valence-electron chi connectivity index (χ1n) is 6.62. The van der Waals surface area contributed by atoms with Crippen molar-refractivity contribution < 1.29 is 0 Å². The van der Waals surface area contributed by atoms with Gasteiger partial charge < -0.3 is 0 Å². The molecule has 0 spiro atoms. The van der Waals surface area contributed by atoms with Gasteiger partial charge >= 0.3 is 0 Å². The number of fused-ring (bicyclic) bond motifs is 1. The van der Waals surface area contributed by atoms with E-state index < -0.39 is 0 Å². The molecule has 104 valence electrons. The Hall–Kier alpha value is -3.04. The van der Waals surface area contributed by atoms with Gasteiger partial charge in [0.05, 0.1) is 0 Å². The molecule has 0 N–H and O–H groups in total. The summed E-state index contributed by atoms with van der Waals surface area (Å²) in [4.78, 5) is 9.29. The van der Waals surface area contributed by atoms with E-state index in [2.05, 4.69) is 21.1 Å². The fraction of sp³-hybridized carbons (Fsp3) is 0. The van der Waals surface area contributed by atoms with E-state index in [1.165, 1.54) is 11.3 Å². The fourth-order valence-corrected chi connectivity index (χ4v) is 3.16. The summed E-state index contributed by atoms with van der Waals surface area (Å²) < 4.78 is 1.61. The Kier molecular flexibility index (Phi) is 2.92. The molecule has 0 aliphatic heterocycles. The molecule has 1 aromatic carbocycles. The Morgan fingerprint density at radius 2 is 1.77 bits per heavy atom. The van der Waals surface area contributed by atoms with E-state index in [1.807, 2.05) is 42.5 Å². The molecular weight excluding hydrogens is 294 g/mol. The van der Waals surface area contributed by atoms with Crippen LogP contribution in [-0.2, 0) is 0 Å². The van der Waals surface area contributed by atoms with E-state index in [0.717, 1.165) is 16.1 Å². The second-order valence-corrected chi connectivity index (χ2v) is 5.58. The SMILES string of the molecule is N#Cc1c(-c2ccccc2)nc2sc(-c3ccncc3)nn12. The highest BCUT2D eigenvalue weighted by Crippen LogP contribution is 2.30. The first kappa shape index (κ1) is 12.7. The van der Waals surface area contributed by atoms with Crippen LogP contribution in [0.15, 0.2) is 54.9 Å². The summed E-state index contributed by atoms with van der Waals surface area (Å²) in [7, 11) is 0. The molecule has 0 amide bonds. The highest BCUT2D eigenvalue weighted by molar-refractivity contribution is 7.19. The Labute approximate surface area is 130 Å². The number of benzene rings is 1. The second kappa shape index (κ2) is 5.06. The summed E-state index contributed by atoms with van der Waals surface area (Å²) in [5.41, 5.74) is 3.01. The molecule has 0 aliphatic rings. The van der Waals surface area contributed by atoms with Crippen molar-refractivity contribution in [3.8, 4) is 27.9 Å². The normalized spacial score (nSPS) is 10.7. The van der Waals surface area contributed by atoms with Gasteiger partial charge in [0, 0.05) is 23.5 Å². The van der Waals surface area contributed by atoms with Crippen LogP contribution < -0.4 is 0 Å². The molecule has 0 atom stereocenters. The zero-order valence-corrected chi connectivity index (χ0v) is 12.2. The number of hydrogen-bond donors (Lipinski definition) is 0. The maximum atomic E-state index is 9.49. The molecule has 6 heteroatoms. The summed E-state index contributed by atoms with van der Waals surface area (Å²) in [5, 5.41) is 14.8. The van der Waals surface area contributed by atoms with Crippen molar-refractivity contribution in [1.29, 1.82) is 5.26 Å².